The van der Waals surface area contributed by atoms with Gasteiger partial charge < -0.3 is 10.6 Å². The number of sulfonamides is 1. The number of nitrogens with one attached hydrogen (secondary N) is 3. The minimum absolute atomic E-state index is 0.0467. The van der Waals surface area contributed by atoms with Crippen molar-refractivity contribution in [1.82, 2.24) is 5.32 Å². The monoisotopic (exact) mass is 533 g/mol. The van der Waals surface area contributed by atoms with Crippen molar-refractivity contribution in [2.24, 2.45) is 0 Å². The largest absolute Gasteiger partial charge is 0.345 e. The minimum Gasteiger partial charge on any atom is -0.345 e. The molecule has 0 heterocycles. The Labute approximate surface area is 220 Å². The maximum Gasteiger partial charge on any atom is 0.261 e. The van der Waals surface area contributed by atoms with E-state index in [0.29, 0.717) is 11.3 Å². The quantitative estimate of drug-likeness (QED) is 0.263. The van der Waals surface area contributed by atoms with E-state index in [1.807, 2.05) is 37.3 Å². The van der Waals surface area contributed by atoms with Gasteiger partial charge in [0.15, 0.2) is 0 Å². The summed E-state index contributed by atoms with van der Waals surface area (Å²) >= 11 is 6.33. The molecular weight excluding hydrogens is 510 g/mol. The number of carbonyl (C=O) groups excluding carboxylic acids is 2. The van der Waals surface area contributed by atoms with E-state index in [-0.39, 0.29) is 33.1 Å². The molecule has 1 atom stereocenters. The van der Waals surface area contributed by atoms with Crippen LogP contribution in [-0.2, 0) is 10.0 Å². The predicted molar refractivity (Wildman–Crippen MR) is 145 cm³/mol. The molecule has 188 valence electrons. The fraction of sp³-hybridized carbons (Fsp3) is 0.0714. The lowest BCUT2D eigenvalue weighted by Crippen LogP contribution is -2.28. The van der Waals surface area contributed by atoms with E-state index >= 15 is 0 Å². The van der Waals surface area contributed by atoms with Crippen molar-refractivity contribution in [3.05, 3.63) is 125 Å². The molecule has 0 spiro atoms. The highest BCUT2D eigenvalue weighted by Gasteiger charge is 2.19. The highest BCUT2D eigenvalue weighted by molar-refractivity contribution is 7.92. The highest BCUT2D eigenvalue weighted by Crippen LogP contribution is 2.25. The molecule has 0 saturated heterocycles. The van der Waals surface area contributed by atoms with Crippen LogP contribution in [0, 0.1) is 0 Å². The molecule has 7 nitrogen and oxygen atoms in total. The summed E-state index contributed by atoms with van der Waals surface area (Å²) in [6, 6.07) is 28.1. The average Bonchev–Trinajstić information content (AvgIpc) is 2.89. The molecule has 0 aliphatic carbocycles. The Morgan fingerprint density at radius 1 is 0.757 bits per heavy atom. The predicted octanol–water partition coefficient (Wildman–Crippen LogP) is 5.88. The van der Waals surface area contributed by atoms with E-state index in [9.17, 15) is 18.0 Å². The first-order valence-corrected chi connectivity index (χ1v) is 13.2. The van der Waals surface area contributed by atoms with E-state index in [1.54, 1.807) is 42.5 Å². The molecule has 0 unspecified atom stereocenters. The number of halogens is 1. The van der Waals surface area contributed by atoms with Gasteiger partial charge in [-0.15, -0.1) is 0 Å². The van der Waals surface area contributed by atoms with Crippen LogP contribution in [0.2, 0.25) is 5.02 Å². The van der Waals surface area contributed by atoms with Crippen LogP contribution < -0.4 is 15.4 Å². The third-order valence-corrected chi connectivity index (χ3v) is 7.30. The zero-order chi connectivity index (χ0) is 26.4. The lowest BCUT2D eigenvalue weighted by atomic mass is 10.1. The van der Waals surface area contributed by atoms with Gasteiger partial charge in [-0.05, 0) is 55.0 Å². The Kier molecular flexibility index (Phi) is 7.91. The second-order valence-corrected chi connectivity index (χ2v) is 10.3. The zero-order valence-corrected chi connectivity index (χ0v) is 21.4. The third kappa shape index (κ3) is 6.35. The Hall–Kier alpha value is -4.14. The van der Waals surface area contributed by atoms with Gasteiger partial charge in [-0.3, -0.25) is 14.3 Å². The fourth-order valence-corrected chi connectivity index (χ4v) is 4.99. The first-order valence-electron chi connectivity index (χ1n) is 11.4. The van der Waals surface area contributed by atoms with Crippen molar-refractivity contribution < 1.29 is 18.0 Å². The smallest absolute Gasteiger partial charge is 0.261 e. The van der Waals surface area contributed by atoms with Gasteiger partial charge in [0.05, 0.1) is 38.5 Å². The van der Waals surface area contributed by atoms with E-state index in [0.717, 1.165) is 5.56 Å². The van der Waals surface area contributed by atoms with Crippen LogP contribution in [0.15, 0.2) is 108 Å². The molecular formula is C28H24ClN3O4S. The highest BCUT2D eigenvalue weighted by atomic mass is 35.5. The summed E-state index contributed by atoms with van der Waals surface area (Å²) in [5.41, 5.74) is 1.89. The summed E-state index contributed by atoms with van der Waals surface area (Å²) in [5.74, 6) is -0.886. The van der Waals surface area contributed by atoms with E-state index in [4.69, 9.17) is 11.6 Å². The number of hydrogen-bond acceptors (Lipinski definition) is 4. The molecule has 0 radical (unpaired) electrons. The summed E-state index contributed by atoms with van der Waals surface area (Å²) in [6.45, 7) is 1.88. The van der Waals surface area contributed by atoms with Crippen molar-refractivity contribution in [1.29, 1.82) is 0 Å². The molecule has 4 aromatic rings. The number of anilines is 2. The van der Waals surface area contributed by atoms with Gasteiger partial charge in [-0.2, -0.15) is 0 Å². The molecule has 0 aliphatic rings. The van der Waals surface area contributed by atoms with Crippen LogP contribution >= 0.6 is 11.6 Å². The normalized spacial score (nSPS) is 11.8. The number of amides is 2. The van der Waals surface area contributed by atoms with Gasteiger partial charge in [0.2, 0.25) is 0 Å². The van der Waals surface area contributed by atoms with Crippen LogP contribution in [0.5, 0.6) is 0 Å². The number of para-hydroxylation sites is 1. The van der Waals surface area contributed by atoms with E-state index < -0.39 is 15.9 Å². The summed E-state index contributed by atoms with van der Waals surface area (Å²) in [6.07, 6.45) is 0. The summed E-state index contributed by atoms with van der Waals surface area (Å²) in [7, 11) is -3.81. The maximum atomic E-state index is 13.0. The van der Waals surface area contributed by atoms with E-state index in [1.165, 1.54) is 30.3 Å². The van der Waals surface area contributed by atoms with Gasteiger partial charge in [0.25, 0.3) is 21.8 Å². The van der Waals surface area contributed by atoms with E-state index in [2.05, 4.69) is 15.4 Å². The molecule has 37 heavy (non-hydrogen) atoms. The topological polar surface area (TPSA) is 104 Å². The van der Waals surface area contributed by atoms with Gasteiger partial charge in [0, 0.05) is 0 Å². The number of hydrogen-bond donors (Lipinski definition) is 3. The van der Waals surface area contributed by atoms with Crippen LogP contribution in [-0.4, -0.2) is 20.2 Å². The molecule has 0 bridgehead atoms. The average molecular weight is 534 g/mol. The summed E-state index contributed by atoms with van der Waals surface area (Å²) < 4.78 is 27.6. The Bertz CT molecular complexity index is 1530. The minimum atomic E-state index is -3.81. The molecule has 4 aromatic carbocycles. The van der Waals surface area contributed by atoms with Crippen LogP contribution in [0.25, 0.3) is 0 Å². The maximum absolute atomic E-state index is 13.0. The lowest BCUT2D eigenvalue weighted by molar-refractivity contribution is 0.0940. The molecule has 0 saturated carbocycles. The van der Waals surface area contributed by atoms with Crippen molar-refractivity contribution in [3.8, 4) is 0 Å². The zero-order valence-electron chi connectivity index (χ0n) is 19.8. The molecule has 9 heteroatoms. The van der Waals surface area contributed by atoms with Crippen molar-refractivity contribution >= 4 is 44.8 Å². The Morgan fingerprint density at radius 2 is 1.38 bits per heavy atom. The Balaban J connectivity index is 1.48. The standard InChI is InChI=1S/C28H24ClN3O4S/c1-19(20-10-4-2-5-11-20)30-28(34)24-14-8-9-15-26(24)31-27(33)23-17-16-21(18-25(23)29)32-37(35,36)22-12-6-3-7-13-22/h2-19,32H,1H3,(H,30,34)(H,31,33)/t19-/m0/s1. The summed E-state index contributed by atoms with van der Waals surface area (Å²) in [4.78, 5) is 26.1. The lowest BCUT2D eigenvalue weighted by Gasteiger charge is -2.17. The van der Waals surface area contributed by atoms with Gasteiger partial charge >= 0.3 is 0 Å². The first-order chi connectivity index (χ1) is 17.7. The van der Waals surface area contributed by atoms with Gasteiger partial charge in [-0.25, -0.2) is 8.42 Å². The molecule has 3 N–H and O–H groups in total. The molecule has 4 rings (SSSR count). The van der Waals surface area contributed by atoms with Crippen molar-refractivity contribution in [2.75, 3.05) is 10.0 Å². The second-order valence-electron chi connectivity index (χ2n) is 8.22. The van der Waals surface area contributed by atoms with Crippen LogP contribution in [0.4, 0.5) is 11.4 Å². The van der Waals surface area contributed by atoms with Crippen molar-refractivity contribution in [3.63, 3.8) is 0 Å². The number of carbonyl (C=O) groups is 2. The van der Waals surface area contributed by atoms with Crippen LogP contribution in [0.1, 0.15) is 39.2 Å². The first kappa shape index (κ1) is 25.9. The fourth-order valence-electron chi connectivity index (χ4n) is 3.66. The van der Waals surface area contributed by atoms with Gasteiger partial charge in [-0.1, -0.05) is 72.3 Å². The third-order valence-electron chi connectivity index (χ3n) is 5.59. The van der Waals surface area contributed by atoms with Crippen LogP contribution in [0.3, 0.4) is 0 Å². The summed E-state index contributed by atoms with van der Waals surface area (Å²) in [5, 5.41) is 5.72. The molecule has 2 amide bonds. The molecule has 0 aromatic heterocycles. The second kappa shape index (κ2) is 11.3. The number of rotatable bonds is 8. The van der Waals surface area contributed by atoms with Crippen molar-refractivity contribution in [2.45, 2.75) is 17.9 Å². The SMILES string of the molecule is C[C@H](NC(=O)c1ccccc1NC(=O)c1ccc(NS(=O)(=O)c2ccccc2)cc1Cl)c1ccccc1. The number of benzene rings is 4. The Morgan fingerprint density at radius 3 is 2.05 bits per heavy atom. The van der Waals surface area contributed by atoms with Gasteiger partial charge in [0.1, 0.15) is 0 Å². The molecule has 0 aliphatic heterocycles. The molecule has 0 fully saturated rings.